The normalized spacial score (nSPS) is 12.2. The average Bonchev–Trinajstić information content (AvgIpc) is 3.11. The van der Waals surface area contributed by atoms with E-state index in [4.69, 9.17) is 4.74 Å². The highest BCUT2D eigenvalue weighted by Gasteiger charge is 2.19. The van der Waals surface area contributed by atoms with Crippen LogP contribution >= 0.6 is 11.3 Å². The molecule has 1 aromatic heterocycles. The Morgan fingerprint density at radius 2 is 1.88 bits per heavy atom. The number of nitrogens with one attached hydrogen (secondary N) is 2. The Hall–Kier alpha value is -2.10. The van der Waals surface area contributed by atoms with E-state index in [2.05, 4.69) is 15.6 Å². The van der Waals surface area contributed by atoms with Crippen LogP contribution in [0.3, 0.4) is 0 Å². The van der Waals surface area contributed by atoms with Gasteiger partial charge in [-0.3, -0.25) is 4.99 Å². The summed E-state index contributed by atoms with van der Waals surface area (Å²) in [5.74, 6) is 1.46. The maximum atomic E-state index is 12.1. The first-order chi connectivity index (χ1) is 12.4. The first-order valence-electron chi connectivity index (χ1n) is 8.07. The van der Waals surface area contributed by atoms with Gasteiger partial charge in [-0.1, -0.05) is 18.2 Å². The third-order valence-corrected chi connectivity index (χ3v) is 6.80. The molecule has 0 bridgehead atoms. The molecule has 0 spiro atoms. The minimum atomic E-state index is -3.38. The fraction of sp³-hybridized carbons (Fsp3) is 0.353. The van der Waals surface area contributed by atoms with Crippen LogP contribution in [-0.4, -0.2) is 53.0 Å². The molecule has 9 heteroatoms. The number of guanidine groups is 1. The van der Waals surface area contributed by atoms with Gasteiger partial charge in [-0.05, 0) is 24.3 Å². The second-order valence-electron chi connectivity index (χ2n) is 5.52. The van der Waals surface area contributed by atoms with E-state index >= 15 is 0 Å². The van der Waals surface area contributed by atoms with E-state index in [1.54, 1.807) is 19.2 Å². The highest BCUT2D eigenvalue weighted by Crippen LogP contribution is 2.23. The number of para-hydroxylation sites is 1. The Morgan fingerprint density at radius 1 is 1.15 bits per heavy atom. The van der Waals surface area contributed by atoms with Gasteiger partial charge in [0.05, 0.1) is 13.1 Å². The highest BCUT2D eigenvalue weighted by atomic mass is 32.2. The number of hydrogen-bond donors (Lipinski definition) is 2. The van der Waals surface area contributed by atoms with Crippen molar-refractivity contribution in [2.24, 2.45) is 4.99 Å². The summed E-state index contributed by atoms with van der Waals surface area (Å²) >= 11 is 1.25. The molecule has 0 amide bonds. The van der Waals surface area contributed by atoms with E-state index in [-0.39, 0.29) is 0 Å². The number of aliphatic imine (C=N–C) groups is 1. The molecule has 2 aromatic rings. The fourth-order valence-electron chi connectivity index (χ4n) is 2.02. The van der Waals surface area contributed by atoms with Crippen LogP contribution in [0.1, 0.15) is 4.88 Å². The summed E-state index contributed by atoms with van der Waals surface area (Å²) in [7, 11) is 1.35. The monoisotopic (exact) mass is 396 g/mol. The zero-order valence-electron chi connectivity index (χ0n) is 15.1. The van der Waals surface area contributed by atoms with Crippen molar-refractivity contribution in [3.63, 3.8) is 0 Å². The lowest BCUT2D eigenvalue weighted by Crippen LogP contribution is -2.38. The van der Waals surface area contributed by atoms with Crippen LogP contribution in [0.25, 0.3) is 0 Å². The lowest BCUT2D eigenvalue weighted by molar-refractivity contribution is 0.322. The maximum absolute atomic E-state index is 12.1. The molecule has 0 atom stereocenters. The Morgan fingerprint density at radius 3 is 2.54 bits per heavy atom. The number of rotatable bonds is 8. The van der Waals surface area contributed by atoms with E-state index in [9.17, 15) is 8.42 Å². The summed E-state index contributed by atoms with van der Waals surface area (Å²) in [6.07, 6.45) is 0. The van der Waals surface area contributed by atoms with Crippen LogP contribution in [0.15, 0.2) is 51.7 Å². The molecule has 0 fully saturated rings. The van der Waals surface area contributed by atoms with E-state index < -0.39 is 10.0 Å². The number of sulfonamides is 1. The molecule has 0 aliphatic carbocycles. The van der Waals surface area contributed by atoms with Crippen LogP contribution in [0.5, 0.6) is 5.75 Å². The number of thiophene rings is 1. The number of ether oxygens (including phenoxy) is 1. The van der Waals surface area contributed by atoms with Gasteiger partial charge in [0.2, 0.25) is 0 Å². The predicted octanol–water partition coefficient (Wildman–Crippen LogP) is 1.74. The maximum Gasteiger partial charge on any atom is 0.252 e. The fourth-order valence-corrected chi connectivity index (χ4v) is 4.48. The first-order valence-corrected chi connectivity index (χ1v) is 10.3. The summed E-state index contributed by atoms with van der Waals surface area (Å²) in [5.41, 5.74) is 0. The van der Waals surface area contributed by atoms with Crippen molar-refractivity contribution in [2.75, 3.05) is 34.3 Å². The van der Waals surface area contributed by atoms with Crippen molar-refractivity contribution in [1.29, 1.82) is 0 Å². The zero-order chi connectivity index (χ0) is 19.0. The highest BCUT2D eigenvalue weighted by molar-refractivity contribution is 7.91. The molecule has 2 rings (SSSR count). The van der Waals surface area contributed by atoms with E-state index in [1.807, 2.05) is 30.3 Å². The summed E-state index contributed by atoms with van der Waals surface area (Å²) in [4.78, 5) is 5.06. The Balaban J connectivity index is 1.78. The predicted molar refractivity (Wildman–Crippen MR) is 105 cm³/mol. The molecular weight excluding hydrogens is 372 g/mol. The van der Waals surface area contributed by atoms with Crippen LogP contribution < -0.4 is 15.4 Å². The summed E-state index contributed by atoms with van der Waals surface area (Å²) in [6, 6.07) is 13.0. The number of benzene rings is 1. The topological polar surface area (TPSA) is 83.0 Å². The first kappa shape index (κ1) is 20.2. The molecule has 26 heavy (non-hydrogen) atoms. The molecule has 0 aliphatic heterocycles. The van der Waals surface area contributed by atoms with Gasteiger partial charge in [-0.15, -0.1) is 11.3 Å². The molecule has 142 valence electrons. The van der Waals surface area contributed by atoms with E-state index in [0.29, 0.717) is 29.9 Å². The lowest BCUT2D eigenvalue weighted by Gasteiger charge is -2.12. The van der Waals surface area contributed by atoms with Gasteiger partial charge in [0.25, 0.3) is 10.0 Å². The number of hydrogen-bond acceptors (Lipinski definition) is 5. The third-order valence-electron chi connectivity index (χ3n) is 3.43. The smallest absolute Gasteiger partial charge is 0.252 e. The van der Waals surface area contributed by atoms with Gasteiger partial charge in [0, 0.05) is 26.0 Å². The molecule has 1 heterocycles. The van der Waals surface area contributed by atoms with Gasteiger partial charge in [0.1, 0.15) is 16.6 Å². The summed E-state index contributed by atoms with van der Waals surface area (Å²) in [5, 5.41) is 6.32. The molecule has 0 aliphatic rings. The lowest BCUT2D eigenvalue weighted by atomic mass is 10.3. The van der Waals surface area contributed by atoms with Crippen LogP contribution in [0.2, 0.25) is 0 Å². The molecule has 0 saturated heterocycles. The Labute approximate surface area is 158 Å². The van der Waals surface area contributed by atoms with Crippen molar-refractivity contribution >= 4 is 27.3 Å². The average molecular weight is 397 g/mol. The molecule has 0 unspecified atom stereocenters. The van der Waals surface area contributed by atoms with Crippen molar-refractivity contribution in [3.8, 4) is 5.75 Å². The largest absolute Gasteiger partial charge is 0.492 e. The minimum Gasteiger partial charge on any atom is -0.492 e. The molecule has 7 nitrogen and oxygen atoms in total. The minimum absolute atomic E-state index is 0.332. The quantitative estimate of drug-likeness (QED) is 0.403. The van der Waals surface area contributed by atoms with Crippen molar-refractivity contribution in [3.05, 3.63) is 47.3 Å². The van der Waals surface area contributed by atoms with Gasteiger partial charge >= 0.3 is 0 Å². The van der Waals surface area contributed by atoms with Crippen LogP contribution in [-0.2, 0) is 16.6 Å². The second-order valence-corrected chi connectivity index (χ2v) is 9.07. The summed E-state index contributed by atoms with van der Waals surface area (Å²) in [6.45, 7) is 1.60. The van der Waals surface area contributed by atoms with Crippen molar-refractivity contribution < 1.29 is 13.2 Å². The molecule has 2 N–H and O–H groups in total. The molecule has 0 saturated carbocycles. The standard InChI is InChI=1S/C17H24N4O3S2/c1-18-17(19-11-12-24-14-7-5-4-6-8-14)20-13-15-9-10-16(25-15)26(22,23)21(2)3/h4-10H,11-13H2,1-3H3,(H2,18,19,20). The van der Waals surface area contributed by atoms with E-state index in [1.165, 1.54) is 29.7 Å². The second kappa shape index (κ2) is 9.56. The molecule has 1 aromatic carbocycles. The zero-order valence-corrected chi connectivity index (χ0v) is 16.7. The SMILES string of the molecule is CN=C(NCCOc1ccccc1)NCc1ccc(S(=O)(=O)N(C)C)s1. The summed E-state index contributed by atoms with van der Waals surface area (Å²) < 4.78 is 31.3. The van der Waals surface area contributed by atoms with Gasteiger partial charge in [-0.25, -0.2) is 12.7 Å². The van der Waals surface area contributed by atoms with Gasteiger partial charge in [-0.2, -0.15) is 0 Å². The Kier molecular flexibility index (Phi) is 7.43. The van der Waals surface area contributed by atoms with Crippen LogP contribution in [0, 0.1) is 0 Å². The van der Waals surface area contributed by atoms with Gasteiger partial charge in [0.15, 0.2) is 5.96 Å². The molecular formula is C17H24N4O3S2. The van der Waals surface area contributed by atoms with Crippen LogP contribution in [0.4, 0.5) is 0 Å². The third kappa shape index (κ3) is 5.72. The Bertz CT molecular complexity index is 818. The van der Waals surface area contributed by atoms with E-state index in [0.717, 1.165) is 10.6 Å². The van der Waals surface area contributed by atoms with Crippen molar-refractivity contribution in [2.45, 2.75) is 10.8 Å². The number of nitrogens with zero attached hydrogens (tertiary/aromatic N) is 2. The molecule has 0 radical (unpaired) electrons. The van der Waals surface area contributed by atoms with Gasteiger partial charge < -0.3 is 15.4 Å². The van der Waals surface area contributed by atoms with Crippen molar-refractivity contribution in [1.82, 2.24) is 14.9 Å².